The molecule has 1 aliphatic rings. The third kappa shape index (κ3) is 4.15. The molecule has 0 fully saturated rings. The number of anilines is 1. The van der Waals surface area contributed by atoms with E-state index >= 15 is 0 Å². The molecule has 0 unspecified atom stereocenters. The molecule has 0 bridgehead atoms. The van der Waals surface area contributed by atoms with E-state index in [0.29, 0.717) is 23.4 Å². The van der Waals surface area contributed by atoms with Gasteiger partial charge < -0.3 is 10.1 Å². The third-order valence-corrected chi connectivity index (χ3v) is 6.09. The third-order valence-electron chi connectivity index (χ3n) is 4.89. The van der Waals surface area contributed by atoms with Crippen molar-refractivity contribution in [3.05, 3.63) is 51.4 Å². The predicted molar refractivity (Wildman–Crippen MR) is 105 cm³/mol. The number of ether oxygens (including phenoxy) is 1. The monoisotopic (exact) mass is 371 g/mol. The Morgan fingerprint density at radius 2 is 1.81 bits per heavy atom. The lowest BCUT2D eigenvalue weighted by atomic mass is 9.95. The molecule has 1 aromatic heterocycles. The standard InChI is InChI=1S/C21H25NO3S/c1-3-14-8-10-15(11-9-14)12-13-18(23)22-20-19(21(24)25-2)16-6-4-5-7-17(16)26-20/h8-11H,3-7,12-13H2,1-2H3,(H,22,23). The summed E-state index contributed by atoms with van der Waals surface area (Å²) >= 11 is 1.53. The maximum absolute atomic E-state index is 12.4. The van der Waals surface area contributed by atoms with E-state index in [1.54, 1.807) is 0 Å². The number of hydrogen-bond acceptors (Lipinski definition) is 4. The van der Waals surface area contributed by atoms with Gasteiger partial charge in [-0.1, -0.05) is 31.2 Å². The Kier molecular flexibility index (Phi) is 6.09. The van der Waals surface area contributed by atoms with Gasteiger partial charge in [-0.2, -0.15) is 0 Å². The Morgan fingerprint density at radius 1 is 1.12 bits per heavy atom. The molecule has 0 saturated carbocycles. The van der Waals surface area contributed by atoms with Crippen LogP contribution in [0.15, 0.2) is 24.3 Å². The molecule has 138 valence electrons. The topological polar surface area (TPSA) is 55.4 Å². The molecule has 1 aliphatic carbocycles. The molecule has 0 saturated heterocycles. The van der Waals surface area contributed by atoms with Gasteiger partial charge in [-0.15, -0.1) is 11.3 Å². The van der Waals surface area contributed by atoms with Gasteiger partial charge in [-0.25, -0.2) is 4.79 Å². The molecule has 0 spiro atoms. The number of carbonyl (C=O) groups excluding carboxylic acids is 2. The Labute approximate surface area is 158 Å². The van der Waals surface area contributed by atoms with E-state index in [2.05, 4.69) is 36.5 Å². The second kappa shape index (κ2) is 8.49. The number of thiophene rings is 1. The first-order valence-electron chi connectivity index (χ1n) is 9.23. The second-order valence-corrected chi connectivity index (χ2v) is 7.73. The van der Waals surface area contributed by atoms with Gasteiger partial charge in [0.25, 0.3) is 0 Å². The lowest BCUT2D eigenvalue weighted by Crippen LogP contribution is -2.15. The van der Waals surface area contributed by atoms with Crippen molar-refractivity contribution in [3.63, 3.8) is 0 Å². The van der Waals surface area contributed by atoms with Crippen molar-refractivity contribution in [2.45, 2.75) is 51.9 Å². The van der Waals surface area contributed by atoms with Crippen LogP contribution in [0.1, 0.15) is 58.1 Å². The number of aryl methyl sites for hydroxylation is 3. The molecule has 1 heterocycles. The molecular formula is C21H25NO3S. The van der Waals surface area contributed by atoms with Gasteiger partial charge in [0.15, 0.2) is 0 Å². The number of carbonyl (C=O) groups is 2. The predicted octanol–water partition coefficient (Wildman–Crippen LogP) is 4.55. The second-order valence-electron chi connectivity index (χ2n) is 6.62. The van der Waals surface area contributed by atoms with E-state index in [-0.39, 0.29) is 11.9 Å². The van der Waals surface area contributed by atoms with Crippen LogP contribution >= 0.6 is 11.3 Å². The summed E-state index contributed by atoms with van der Waals surface area (Å²) in [6, 6.07) is 8.37. The molecule has 5 heteroatoms. The molecule has 0 aliphatic heterocycles. The molecule has 4 nitrogen and oxygen atoms in total. The number of methoxy groups -OCH3 is 1. The summed E-state index contributed by atoms with van der Waals surface area (Å²) in [7, 11) is 1.39. The zero-order valence-corrected chi connectivity index (χ0v) is 16.2. The van der Waals surface area contributed by atoms with E-state index in [1.165, 1.54) is 28.9 Å². The van der Waals surface area contributed by atoms with Crippen LogP contribution in [-0.4, -0.2) is 19.0 Å². The van der Waals surface area contributed by atoms with Crippen LogP contribution < -0.4 is 5.32 Å². The highest BCUT2D eigenvalue weighted by Gasteiger charge is 2.26. The van der Waals surface area contributed by atoms with Crippen LogP contribution in [0.5, 0.6) is 0 Å². The molecular weight excluding hydrogens is 346 g/mol. The highest BCUT2D eigenvalue weighted by atomic mass is 32.1. The van der Waals surface area contributed by atoms with E-state index in [9.17, 15) is 9.59 Å². The van der Waals surface area contributed by atoms with Crippen LogP contribution in [0.4, 0.5) is 5.00 Å². The first-order valence-corrected chi connectivity index (χ1v) is 10.0. The summed E-state index contributed by atoms with van der Waals surface area (Å²) in [5.41, 5.74) is 4.08. The van der Waals surface area contributed by atoms with Crippen molar-refractivity contribution in [1.29, 1.82) is 0 Å². The SMILES string of the molecule is CCc1ccc(CCC(=O)Nc2sc3c(c2C(=O)OC)CCCC3)cc1. The number of nitrogens with one attached hydrogen (secondary N) is 1. The van der Waals surface area contributed by atoms with Gasteiger partial charge in [0, 0.05) is 11.3 Å². The molecule has 3 rings (SSSR count). The van der Waals surface area contributed by atoms with Crippen LogP contribution in [-0.2, 0) is 35.2 Å². The zero-order valence-electron chi connectivity index (χ0n) is 15.4. The van der Waals surface area contributed by atoms with Crippen molar-refractivity contribution in [2.75, 3.05) is 12.4 Å². The molecule has 0 atom stereocenters. The number of hydrogen-bond donors (Lipinski definition) is 1. The average Bonchev–Trinajstić information content (AvgIpc) is 3.03. The van der Waals surface area contributed by atoms with Gasteiger partial charge in [-0.3, -0.25) is 4.79 Å². The minimum absolute atomic E-state index is 0.0617. The van der Waals surface area contributed by atoms with Gasteiger partial charge in [0.05, 0.1) is 12.7 Å². The molecule has 2 aromatic rings. The Balaban J connectivity index is 1.68. The van der Waals surface area contributed by atoms with Crippen molar-refractivity contribution >= 4 is 28.2 Å². The number of rotatable bonds is 6. The van der Waals surface area contributed by atoms with Crippen molar-refractivity contribution in [1.82, 2.24) is 0 Å². The lowest BCUT2D eigenvalue weighted by Gasteiger charge is -2.11. The fraction of sp³-hybridized carbons (Fsp3) is 0.429. The maximum Gasteiger partial charge on any atom is 0.341 e. The normalized spacial score (nSPS) is 13.2. The summed E-state index contributed by atoms with van der Waals surface area (Å²) in [6.45, 7) is 2.13. The largest absolute Gasteiger partial charge is 0.465 e. The Morgan fingerprint density at radius 3 is 2.50 bits per heavy atom. The number of esters is 1. The number of fused-ring (bicyclic) bond motifs is 1. The van der Waals surface area contributed by atoms with Gasteiger partial charge >= 0.3 is 5.97 Å². The minimum Gasteiger partial charge on any atom is -0.465 e. The lowest BCUT2D eigenvalue weighted by molar-refractivity contribution is -0.116. The summed E-state index contributed by atoms with van der Waals surface area (Å²) in [6.07, 6.45) is 6.17. The highest BCUT2D eigenvalue weighted by Crippen LogP contribution is 2.38. The van der Waals surface area contributed by atoms with Crippen LogP contribution in [0.25, 0.3) is 0 Å². The Hall–Kier alpha value is -2.14. The van der Waals surface area contributed by atoms with Gasteiger partial charge in [0.2, 0.25) is 5.91 Å². The first-order chi connectivity index (χ1) is 12.6. The summed E-state index contributed by atoms with van der Waals surface area (Å²) in [5, 5.41) is 3.60. The van der Waals surface area contributed by atoms with Crippen LogP contribution in [0.2, 0.25) is 0 Å². The minimum atomic E-state index is -0.352. The smallest absolute Gasteiger partial charge is 0.341 e. The van der Waals surface area contributed by atoms with Crippen molar-refractivity contribution in [3.8, 4) is 0 Å². The average molecular weight is 372 g/mol. The summed E-state index contributed by atoms with van der Waals surface area (Å²) < 4.78 is 4.95. The molecule has 1 amide bonds. The van der Waals surface area contributed by atoms with E-state index in [4.69, 9.17) is 4.74 Å². The number of benzene rings is 1. The van der Waals surface area contributed by atoms with E-state index in [1.807, 2.05) is 0 Å². The van der Waals surface area contributed by atoms with Crippen molar-refractivity contribution < 1.29 is 14.3 Å². The van der Waals surface area contributed by atoms with Crippen LogP contribution in [0.3, 0.4) is 0 Å². The summed E-state index contributed by atoms with van der Waals surface area (Å²) in [4.78, 5) is 25.9. The first kappa shape index (κ1) is 18.6. The molecule has 1 aromatic carbocycles. The Bertz CT molecular complexity index is 792. The zero-order chi connectivity index (χ0) is 18.5. The highest BCUT2D eigenvalue weighted by molar-refractivity contribution is 7.17. The van der Waals surface area contributed by atoms with Crippen molar-refractivity contribution in [2.24, 2.45) is 0 Å². The fourth-order valence-corrected chi connectivity index (χ4v) is 4.65. The van der Waals surface area contributed by atoms with Gasteiger partial charge in [0.1, 0.15) is 5.00 Å². The quantitative estimate of drug-likeness (QED) is 0.758. The number of amides is 1. The molecule has 1 N–H and O–H groups in total. The van der Waals surface area contributed by atoms with E-state index < -0.39 is 0 Å². The fourth-order valence-electron chi connectivity index (χ4n) is 3.36. The summed E-state index contributed by atoms with van der Waals surface area (Å²) in [5.74, 6) is -0.414. The van der Waals surface area contributed by atoms with Crippen LogP contribution in [0, 0.1) is 0 Å². The van der Waals surface area contributed by atoms with E-state index in [0.717, 1.165) is 43.2 Å². The molecule has 26 heavy (non-hydrogen) atoms. The maximum atomic E-state index is 12.4. The van der Waals surface area contributed by atoms with Gasteiger partial charge in [-0.05, 0) is 55.2 Å². The molecule has 0 radical (unpaired) electrons.